The molecule has 1 saturated carbocycles. The number of hydrogen-bond donors (Lipinski definition) is 2. The molecule has 5 nitrogen and oxygen atoms in total. The summed E-state index contributed by atoms with van der Waals surface area (Å²) in [7, 11) is 0. The molecule has 1 aromatic heterocycles. The van der Waals surface area contributed by atoms with E-state index in [-0.39, 0.29) is 11.4 Å². The molecular weight excluding hydrogens is 252 g/mol. The summed E-state index contributed by atoms with van der Waals surface area (Å²) < 4.78 is 0. The van der Waals surface area contributed by atoms with Crippen LogP contribution in [0.4, 0.5) is 0 Å². The Hall–Kier alpha value is -1.36. The van der Waals surface area contributed by atoms with Gasteiger partial charge in [-0.3, -0.25) is 9.89 Å². The van der Waals surface area contributed by atoms with E-state index in [1.165, 1.54) is 19.3 Å². The van der Waals surface area contributed by atoms with Crippen LogP contribution in [0.15, 0.2) is 0 Å². The summed E-state index contributed by atoms with van der Waals surface area (Å²) in [4.78, 5) is 15.1. The number of H-pyrrole nitrogens is 1. The first-order valence-corrected chi connectivity index (χ1v) is 7.68. The zero-order chi connectivity index (χ0) is 14.2. The number of amides is 1. The third-order valence-electron chi connectivity index (χ3n) is 4.91. The average molecular weight is 276 g/mol. The molecule has 20 heavy (non-hydrogen) atoms. The van der Waals surface area contributed by atoms with Crippen molar-refractivity contribution in [3.63, 3.8) is 0 Å². The monoisotopic (exact) mass is 276 g/mol. The molecular formula is C15H24N4O. The van der Waals surface area contributed by atoms with E-state index in [4.69, 9.17) is 0 Å². The minimum absolute atomic E-state index is 0.0315. The van der Waals surface area contributed by atoms with Crippen molar-refractivity contribution in [1.82, 2.24) is 20.4 Å². The summed E-state index contributed by atoms with van der Waals surface area (Å²) >= 11 is 0. The zero-order valence-corrected chi connectivity index (χ0v) is 12.5. The lowest BCUT2D eigenvalue weighted by molar-refractivity contribution is 0.0221. The number of rotatable bonds is 1. The molecule has 2 N–H and O–H groups in total. The molecule has 1 amide bonds. The molecule has 1 saturated heterocycles. The fraction of sp³-hybridized carbons (Fsp3) is 0.733. The van der Waals surface area contributed by atoms with Crippen LogP contribution in [0.25, 0.3) is 0 Å². The number of carbonyl (C=O) groups excluding carboxylic acids is 1. The fourth-order valence-electron chi connectivity index (χ4n) is 3.82. The quantitative estimate of drug-likeness (QED) is 0.822. The Morgan fingerprint density at radius 1 is 1.25 bits per heavy atom. The highest BCUT2D eigenvalue weighted by molar-refractivity contribution is 5.97. The molecule has 2 aliphatic rings. The first kappa shape index (κ1) is 13.6. The van der Waals surface area contributed by atoms with Crippen molar-refractivity contribution in [3.05, 3.63) is 17.0 Å². The molecule has 1 aliphatic carbocycles. The van der Waals surface area contributed by atoms with E-state index in [2.05, 4.69) is 20.4 Å². The summed E-state index contributed by atoms with van der Waals surface area (Å²) in [5.74, 6) is 0.164. The first-order chi connectivity index (χ1) is 9.64. The van der Waals surface area contributed by atoms with E-state index >= 15 is 0 Å². The van der Waals surface area contributed by atoms with Gasteiger partial charge in [0.05, 0.1) is 16.8 Å². The molecule has 0 unspecified atom stereocenters. The molecule has 3 rings (SSSR count). The van der Waals surface area contributed by atoms with Crippen LogP contribution in [-0.2, 0) is 0 Å². The maximum atomic E-state index is 13.0. The first-order valence-electron chi connectivity index (χ1n) is 7.68. The average Bonchev–Trinajstić information content (AvgIpc) is 2.79. The highest BCUT2D eigenvalue weighted by Crippen LogP contribution is 2.35. The van der Waals surface area contributed by atoms with Crippen LogP contribution >= 0.6 is 0 Å². The van der Waals surface area contributed by atoms with Crippen LogP contribution in [0.1, 0.15) is 53.8 Å². The molecule has 2 fully saturated rings. The van der Waals surface area contributed by atoms with Gasteiger partial charge in [-0.25, -0.2) is 0 Å². The van der Waals surface area contributed by atoms with Crippen molar-refractivity contribution in [3.8, 4) is 0 Å². The lowest BCUT2D eigenvalue weighted by atomic mass is 9.78. The Morgan fingerprint density at radius 2 is 2.00 bits per heavy atom. The maximum absolute atomic E-state index is 13.0. The number of nitrogens with one attached hydrogen (secondary N) is 2. The Labute approximate surface area is 120 Å². The summed E-state index contributed by atoms with van der Waals surface area (Å²) in [5, 5.41) is 10.6. The van der Waals surface area contributed by atoms with Crippen LogP contribution in [-0.4, -0.2) is 46.2 Å². The van der Waals surface area contributed by atoms with Crippen molar-refractivity contribution in [2.45, 2.75) is 51.5 Å². The normalized spacial score (nSPS) is 22.2. The van der Waals surface area contributed by atoms with Crippen molar-refractivity contribution in [2.24, 2.45) is 0 Å². The van der Waals surface area contributed by atoms with Gasteiger partial charge in [0.2, 0.25) is 0 Å². The number of nitrogens with zero attached hydrogens (tertiary/aromatic N) is 2. The second-order valence-corrected chi connectivity index (χ2v) is 6.23. The fourth-order valence-corrected chi connectivity index (χ4v) is 3.82. The minimum Gasteiger partial charge on any atom is -0.330 e. The van der Waals surface area contributed by atoms with Crippen LogP contribution in [0.2, 0.25) is 0 Å². The zero-order valence-electron chi connectivity index (χ0n) is 12.5. The van der Waals surface area contributed by atoms with Crippen LogP contribution in [0.5, 0.6) is 0 Å². The van der Waals surface area contributed by atoms with Crippen LogP contribution < -0.4 is 5.32 Å². The van der Waals surface area contributed by atoms with E-state index in [0.29, 0.717) is 0 Å². The van der Waals surface area contributed by atoms with Gasteiger partial charge in [-0.15, -0.1) is 0 Å². The number of hydrogen-bond acceptors (Lipinski definition) is 3. The van der Waals surface area contributed by atoms with E-state index in [1.54, 1.807) is 0 Å². The Balaban J connectivity index is 1.92. The van der Waals surface area contributed by atoms with Gasteiger partial charge in [0.15, 0.2) is 0 Å². The van der Waals surface area contributed by atoms with Gasteiger partial charge in [-0.1, -0.05) is 19.3 Å². The number of aromatic nitrogens is 2. The van der Waals surface area contributed by atoms with E-state index in [1.807, 2.05) is 13.8 Å². The maximum Gasteiger partial charge on any atom is 0.258 e. The molecule has 110 valence electrons. The van der Waals surface area contributed by atoms with E-state index < -0.39 is 0 Å². The van der Waals surface area contributed by atoms with Crippen LogP contribution in [0.3, 0.4) is 0 Å². The predicted molar refractivity (Wildman–Crippen MR) is 77.8 cm³/mol. The number of aromatic amines is 1. The van der Waals surface area contributed by atoms with Crippen molar-refractivity contribution >= 4 is 5.91 Å². The van der Waals surface area contributed by atoms with Gasteiger partial charge in [-0.2, -0.15) is 5.10 Å². The number of carbonyl (C=O) groups is 1. The Kier molecular flexibility index (Phi) is 3.54. The summed E-state index contributed by atoms with van der Waals surface area (Å²) in [6.07, 6.45) is 6.01. The second kappa shape index (κ2) is 5.20. The topological polar surface area (TPSA) is 61.0 Å². The van der Waals surface area contributed by atoms with E-state index in [9.17, 15) is 4.79 Å². The molecule has 0 radical (unpaired) electrons. The Morgan fingerprint density at radius 3 is 2.65 bits per heavy atom. The molecule has 1 aliphatic heterocycles. The standard InChI is InChI=1S/C15H24N4O/c1-11-13(12(2)18-17-11)14(20)19-9-8-16-10-15(19)6-4-3-5-7-15/h16H,3-10H2,1-2H3,(H,17,18). The van der Waals surface area contributed by atoms with Crippen LogP contribution in [0, 0.1) is 13.8 Å². The lowest BCUT2D eigenvalue weighted by Gasteiger charge is -2.49. The molecule has 0 atom stereocenters. The van der Waals surface area contributed by atoms with Gasteiger partial charge in [-0.05, 0) is 26.7 Å². The van der Waals surface area contributed by atoms with Gasteiger partial charge < -0.3 is 10.2 Å². The van der Waals surface area contributed by atoms with Crippen molar-refractivity contribution < 1.29 is 4.79 Å². The highest BCUT2D eigenvalue weighted by Gasteiger charge is 2.43. The van der Waals surface area contributed by atoms with Gasteiger partial charge >= 0.3 is 0 Å². The van der Waals surface area contributed by atoms with Gasteiger partial charge in [0, 0.05) is 25.3 Å². The number of aryl methyl sites for hydroxylation is 2. The highest BCUT2D eigenvalue weighted by atomic mass is 16.2. The molecule has 5 heteroatoms. The lowest BCUT2D eigenvalue weighted by Crippen LogP contribution is -2.63. The molecule has 0 aromatic carbocycles. The van der Waals surface area contributed by atoms with E-state index in [0.717, 1.165) is 49.4 Å². The predicted octanol–water partition coefficient (Wildman–Crippen LogP) is 1.77. The molecule has 1 aromatic rings. The summed E-state index contributed by atoms with van der Waals surface area (Å²) in [6.45, 7) is 6.48. The molecule has 1 spiro atoms. The molecule has 2 heterocycles. The third-order valence-corrected chi connectivity index (χ3v) is 4.91. The largest absolute Gasteiger partial charge is 0.330 e. The summed E-state index contributed by atoms with van der Waals surface area (Å²) in [6, 6.07) is 0. The smallest absolute Gasteiger partial charge is 0.258 e. The summed E-state index contributed by atoms with van der Waals surface area (Å²) in [5.41, 5.74) is 2.51. The SMILES string of the molecule is Cc1n[nH]c(C)c1C(=O)N1CCNCC12CCCCC2. The Bertz CT molecular complexity index is 474. The van der Waals surface area contributed by atoms with Gasteiger partial charge in [0.1, 0.15) is 0 Å². The second-order valence-electron chi connectivity index (χ2n) is 6.23. The number of piperazine rings is 1. The minimum atomic E-state index is 0.0315. The third kappa shape index (κ3) is 2.14. The molecule has 0 bridgehead atoms. The van der Waals surface area contributed by atoms with Crippen molar-refractivity contribution in [1.29, 1.82) is 0 Å². The van der Waals surface area contributed by atoms with Crippen molar-refractivity contribution in [2.75, 3.05) is 19.6 Å². The van der Waals surface area contributed by atoms with Gasteiger partial charge in [0.25, 0.3) is 5.91 Å².